The maximum Gasteiger partial charge on any atom is 0.131 e. The Labute approximate surface area is 126 Å². The average molecular weight is 286 g/mol. The third-order valence-electron chi connectivity index (χ3n) is 4.49. The molecule has 1 N–H and O–H groups in total. The fourth-order valence-electron chi connectivity index (χ4n) is 3.20. The smallest absolute Gasteiger partial charge is 0.131 e. The molecule has 3 rings (SSSR count). The van der Waals surface area contributed by atoms with Crippen LogP contribution in [0, 0.1) is 17.2 Å². The van der Waals surface area contributed by atoms with Crippen molar-refractivity contribution in [3.63, 3.8) is 0 Å². The molecule has 0 saturated carbocycles. The predicted octanol–water partition coefficient (Wildman–Crippen LogP) is 2.78. The van der Waals surface area contributed by atoms with Gasteiger partial charge in [0.05, 0.1) is 24.3 Å². The first-order valence-corrected chi connectivity index (χ1v) is 7.53. The Morgan fingerprint density at radius 1 is 1.38 bits per heavy atom. The molecule has 2 heterocycles. The van der Waals surface area contributed by atoms with E-state index in [0.717, 1.165) is 11.3 Å². The molecule has 0 aromatic heterocycles. The number of hydrogen-bond donors (Lipinski definition) is 1. The predicted molar refractivity (Wildman–Crippen MR) is 80.1 cm³/mol. The molecule has 0 radical (unpaired) electrons. The molecule has 21 heavy (non-hydrogen) atoms. The molecule has 1 aromatic rings. The molecule has 3 atom stereocenters. The van der Waals surface area contributed by atoms with Gasteiger partial charge in [0.1, 0.15) is 17.5 Å². The van der Waals surface area contributed by atoms with Crippen molar-refractivity contribution in [1.82, 2.24) is 5.32 Å². The van der Waals surface area contributed by atoms with Gasteiger partial charge in [-0.05, 0) is 38.0 Å². The van der Waals surface area contributed by atoms with Crippen molar-refractivity contribution >= 4 is 0 Å². The highest BCUT2D eigenvalue weighted by Crippen LogP contribution is 2.43. The molecule has 1 fully saturated rings. The summed E-state index contributed by atoms with van der Waals surface area (Å²) in [4.78, 5) is 0. The molecule has 2 aliphatic rings. The van der Waals surface area contributed by atoms with E-state index in [-0.39, 0.29) is 17.7 Å². The summed E-state index contributed by atoms with van der Waals surface area (Å²) in [6.07, 6.45) is -0.0473. The topological polar surface area (TPSA) is 54.3 Å². The number of fused-ring (bicyclic) bond motifs is 3. The number of ether oxygens (including phenoxy) is 2. The van der Waals surface area contributed by atoms with E-state index >= 15 is 0 Å². The lowest BCUT2D eigenvalue weighted by Gasteiger charge is -2.49. The van der Waals surface area contributed by atoms with Crippen molar-refractivity contribution in [2.24, 2.45) is 5.92 Å². The normalized spacial score (nSPS) is 30.0. The second-order valence-electron chi connectivity index (χ2n) is 6.82. The molecule has 2 aliphatic heterocycles. The lowest BCUT2D eigenvalue weighted by molar-refractivity contribution is -0.137. The van der Waals surface area contributed by atoms with Crippen molar-refractivity contribution in [3.05, 3.63) is 29.3 Å². The first-order valence-electron chi connectivity index (χ1n) is 7.53. The molecule has 112 valence electrons. The van der Waals surface area contributed by atoms with E-state index in [2.05, 4.69) is 39.1 Å². The number of benzene rings is 1. The minimum absolute atomic E-state index is 0.0473. The highest BCUT2D eigenvalue weighted by molar-refractivity contribution is 5.46. The van der Waals surface area contributed by atoms with Gasteiger partial charge in [-0.2, -0.15) is 5.26 Å². The van der Waals surface area contributed by atoms with Crippen LogP contribution >= 0.6 is 0 Å². The van der Waals surface area contributed by atoms with Gasteiger partial charge in [0.15, 0.2) is 0 Å². The summed E-state index contributed by atoms with van der Waals surface area (Å²) in [7, 11) is 0. The quantitative estimate of drug-likeness (QED) is 0.862. The first kappa shape index (κ1) is 14.4. The minimum atomic E-state index is -0.388. The Balaban J connectivity index is 2.03. The Morgan fingerprint density at radius 3 is 2.81 bits per heavy atom. The van der Waals surface area contributed by atoms with E-state index in [9.17, 15) is 0 Å². The van der Waals surface area contributed by atoms with E-state index in [4.69, 9.17) is 14.7 Å². The summed E-state index contributed by atoms with van der Waals surface area (Å²) in [6, 6.07) is 8.21. The van der Waals surface area contributed by atoms with E-state index < -0.39 is 0 Å². The van der Waals surface area contributed by atoms with Crippen LogP contribution in [-0.2, 0) is 4.74 Å². The van der Waals surface area contributed by atoms with Gasteiger partial charge >= 0.3 is 0 Å². The van der Waals surface area contributed by atoms with Crippen molar-refractivity contribution in [2.45, 2.75) is 51.5 Å². The van der Waals surface area contributed by atoms with Gasteiger partial charge in [0, 0.05) is 11.6 Å². The molecule has 0 spiro atoms. The summed E-state index contributed by atoms with van der Waals surface area (Å²) in [5.41, 5.74) is 1.30. The summed E-state index contributed by atoms with van der Waals surface area (Å²) >= 11 is 0. The number of rotatable bonds is 1. The molecule has 0 unspecified atom stereocenters. The van der Waals surface area contributed by atoms with Crippen molar-refractivity contribution in [3.8, 4) is 11.8 Å². The first-order chi connectivity index (χ1) is 9.92. The Hall–Kier alpha value is -1.57. The monoisotopic (exact) mass is 286 g/mol. The molecule has 0 bridgehead atoms. The zero-order chi connectivity index (χ0) is 15.2. The van der Waals surface area contributed by atoms with E-state index in [1.54, 1.807) is 6.07 Å². The SMILES string of the molecule is CC(C)[C@@H]1CO[C@@H]2[C@@H](N1)c1cc(C#N)ccc1OC2(C)C. The van der Waals surface area contributed by atoms with E-state index in [1.165, 1.54) is 0 Å². The van der Waals surface area contributed by atoms with Gasteiger partial charge in [0.25, 0.3) is 0 Å². The summed E-state index contributed by atoms with van der Waals surface area (Å²) < 4.78 is 12.2. The standard InChI is InChI=1S/C17H22N2O2/c1-10(2)13-9-20-16-15(19-13)12-7-11(8-18)5-6-14(12)21-17(16,3)4/h5-7,10,13,15-16,19H,9H2,1-4H3/t13-,15-,16+/m0/s1. The van der Waals surface area contributed by atoms with Crippen LogP contribution in [0.25, 0.3) is 0 Å². The van der Waals surface area contributed by atoms with Crippen LogP contribution in [0.4, 0.5) is 0 Å². The van der Waals surface area contributed by atoms with Gasteiger partial charge in [-0.25, -0.2) is 0 Å². The lowest BCUT2D eigenvalue weighted by Crippen LogP contribution is -2.61. The number of morpholine rings is 1. The van der Waals surface area contributed by atoms with Gasteiger partial charge in [-0.1, -0.05) is 13.8 Å². The van der Waals surface area contributed by atoms with Gasteiger partial charge in [-0.3, -0.25) is 0 Å². The Kier molecular flexibility index (Phi) is 3.43. The highest BCUT2D eigenvalue weighted by Gasteiger charge is 2.48. The lowest BCUT2D eigenvalue weighted by atomic mass is 9.83. The minimum Gasteiger partial charge on any atom is -0.485 e. The largest absolute Gasteiger partial charge is 0.485 e. The molecule has 0 amide bonds. The molecular weight excluding hydrogens is 264 g/mol. The molecule has 0 aliphatic carbocycles. The summed E-state index contributed by atoms with van der Waals surface area (Å²) in [5.74, 6) is 1.35. The third-order valence-corrected chi connectivity index (χ3v) is 4.49. The van der Waals surface area contributed by atoms with Gasteiger partial charge in [-0.15, -0.1) is 0 Å². The second kappa shape index (κ2) is 5.01. The van der Waals surface area contributed by atoms with E-state index in [0.29, 0.717) is 24.1 Å². The number of nitrogens with zero attached hydrogens (tertiary/aromatic N) is 1. The maximum atomic E-state index is 9.14. The fourth-order valence-corrected chi connectivity index (χ4v) is 3.20. The van der Waals surface area contributed by atoms with Crippen LogP contribution in [0.3, 0.4) is 0 Å². The third kappa shape index (κ3) is 2.41. The average Bonchev–Trinajstić information content (AvgIpc) is 2.46. The molecular formula is C17H22N2O2. The van der Waals surface area contributed by atoms with Crippen LogP contribution in [0.15, 0.2) is 18.2 Å². The van der Waals surface area contributed by atoms with Crippen LogP contribution < -0.4 is 10.1 Å². The number of nitriles is 1. The van der Waals surface area contributed by atoms with E-state index in [1.807, 2.05) is 12.1 Å². The van der Waals surface area contributed by atoms with Crippen LogP contribution in [0.2, 0.25) is 0 Å². The van der Waals surface area contributed by atoms with Crippen molar-refractivity contribution in [2.75, 3.05) is 6.61 Å². The summed E-state index contributed by atoms with van der Waals surface area (Å²) in [6.45, 7) is 9.20. The maximum absolute atomic E-state index is 9.14. The zero-order valence-corrected chi connectivity index (χ0v) is 13.0. The number of hydrogen-bond acceptors (Lipinski definition) is 4. The Bertz CT molecular complexity index is 589. The molecule has 4 heteroatoms. The Morgan fingerprint density at radius 2 is 2.14 bits per heavy atom. The molecule has 1 saturated heterocycles. The summed E-state index contributed by atoms with van der Waals surface area (Å²) in [5, 5.41) is 12.8. The van der Waals surface area contributed by atoms with Crippen molar-refractivity contribution < 1.29 is 9.47 Å². The molecule has 1 aromatic carbocycles. The van der Waals surface area contributed by atoms with Crippen LogP contribution in [0.1, 0.15) is 44.9 Å². The fraction of sp³-hybridized carbons (Fsp3) is 0.588. The molecule has 4 nitrogen and oxygen atoms in total. The highest BCUT2D eigenvalue weighted by atomic mass is 16.6. The van der Waals surface area contributed by atoms with Crippen LogP contribution in [0.5, 0.6) is 5.75 Å². The van der Waals surface area contributed by atoms with Crippen LogP contribution in [-0.4, -0.2) is 24.4 Å². The number of nitrogens with one attached hydrogen (secondary N) is 1. The van der Waals surface area contributed by atoms with Gasteiger partial charge < -0.3 is 14.8 Å². The van der Waals surface area contributed by atoms with Crippen molar-refractivity contribution in [1.29, 1.82) is 5.26 Å². The second-order valence-corrected chi connectivity index (χ2v) is 6.82. The zero-order valence-electron chi connectivity index (χ0n) is 13.0. The van der Waals surface area contributed by atoms with Gasteiger partial charge in [0.2, 0.25) is 0 Å².